The number of aromatic nitrogens is 2. The Morgan fingerprint density at radius 2 is 1.86 bits per heavy atom. The van der Waals surface area contributed by atoms with Crippen LogP contribution in [0.1, 0.15) is 15.9 Å². The summed E-state index contributed by atoms with van der Waals surface area (Å²) in [5, 5.41) is 9.57. The molecule has 0 aliphatic rings. The first kappa shape index (κ1) is 18.5. The third-order valence-corrected chi connectivity index (χ3v) is 4.70. The molecule has 0 radical (unpaired) electrons. The smallest absolute Gasteiger partial charge is 0.341 e. The van der Waals surface area contributed by atoms with Crippen LogP contribution in [0, 0.1) is 11.6 Å². The van der Waals surface area contributed by atoms with E-state index in [1.54, 1.807) is 24.3 Å². The van der Waals surface area contributed by atoms with Crippen molar-refractivity contribution in [3.05, 3.63) is 100 Å². The lowest BCUT2D eigenvalue weighted by Crippen LogP contribution is -2.19. The Balaban J connectivity index is 1.80. The quantitative estimate of drug-likeness (QED) is 0.568. The van der Waals surface area contributed by atoms with Gasteiger partial charge in [-0.25, -0.2) is 13.6 Å². The number of halogens is 2. The van der Waals surface area contributed by atoms with E-state index in [1.807, 2.05) is 0 Å². The van der Waals surface area contributed by atoms with Gasteiger partial charge in [-0.05, 0) is 29.8 Å². The van der Waals surface area contributed by atoms with E-state index in [4.69, 9.17) is 0 Å². The fourth-order valence-electron chi connectivity index (χ4n) is 3.26. The van der Waals surface area contributed by atoms with Crippen molar-refractivity contribution in [1.29, 1.82) is 0 Å². The van der Waals surface area contributed by atoms with E-state index in [0.717, 1.165) is 6.20 Å². The number of fused-ring (bicyclic) bond motifs is 1. The Bertz CT molecular complexity index is 1320. The number of hydrogen-bond acceptors (Lipinski definition) is 3. The van der Waals surface area contributed by atoms with Crippen LogP contribution in [0.2, 0.25) is 0 Å². The molecule has 0 bridgehead atoms. The molecule has 29 heavy (non-hydrogen) atoms. The zero-order chi connectivity index (χ0) is 20.5. The maximum absolute atomic E-state index is 14.8. The predicted octanol–water partition coefficient (Wildman–Crippen LogP) is 4.09. The van der Waals surface area contributed by atoms with Crippen molar-refractivity contribution in [2.75, 3.05) is 0 Å². The van der Waals surface area contributed by atoms with Gasteiger partial charge in [-0.1, -0.05) is 24.3 Å². The molecule has 5 nitrogen and oxygen atoms in total. The summed E-state index contributed by atoms with van der Waals surface area (Å²) in [6, 6.07) is 12.3. The van der Waals surface area contributed by atoms with Crippen LogP contribution in [0.3, 0.4) is 0 Å². The first-order valence-electron chi connectivity index (χ1n) is 8.69. The first-order chi connectivity index (χ1) is 14.0. The number of carboxylic acid groups (broad SMARTS) is 1. The molecule has 2 aromatic carbocycles. The minimum atomic E-state index is -1.35. The third-order valence-electron chi connectivity index (χ3n) is 4.70. The minimum Gasteiger partial charge on any atom is -0.477 e. The molecule has 7 heteroatoms. The van der Waals surface area contributed by atoms with Crippen molar-refractivity contribution in [1.82, 2.24) is 9.55 Å². The van der Waals surface area contributed by atoms with Crippen LogP contribution >= 0.6 is 0 Å². The van der Waals surface area contributed by atoms with Gasteiger partial charge in [0, 0.05) is 28.9 Å². The van der Waals surface area contributed by atoms with Crippen LogP contribution in [0.5, 0.6) is 0 Å². The van der Waals surface area contributed by atoms with Crippen molar-refractivity contribution in [2.45, 2.75) is 6.54 Å². The second kappa shape index (κ2) is 7.27. The monoisotopic (exact) mass is 392 g/mol. The Kier molecular flexibility index (Phi) is 4.64. The molecule has 144 valence electrons. The number of hydrogen-bond donors (Lipinski definition) is 1. The standard InChI is InChI=1S/C22H14F2N2O3/c23-18-9-13(15-7-8-25-10-19(15)24)5-6-14(18)11-26-12-17(22(28)29)21(27)16-3-1-2-4-20(16)26/h1-10,12H,11H2,(H,28,29). The van der Waals surface area contributed by atoms with Crippen LogP contribution in [0.25, 0.3) is 22.0 Å². The van der Waals surface area contributed by atoms with Crippen LogP contribution in [0.15, 0.2) is 71.9 Å². The van der Waals surface area contributed by atoms with Gasteiger partial charge in [-0.3, -0.25) is 9.78 Å². The Hall–Kier alpha value is -3.87. The predicted molar refractivity (Wildman–Crippen MR) is 104 cm³/mol. The molecule has 0 spiro atoms. The highest BCUT2D eigenvalue weighted by Crippen LogP contribution is 2.25. The fourth-order valence-corrected chi connectivity index (χ4v) is 3.26. The Morgan fingerprint density at radius 1 is 1.07 bits per heavy atom. The van der Waals surface area contributed by atoms with E-state index < -0.39 is 23.0 Å². The summed E-state index contributed by atoms with van der Waals surface area (Å²) in [7, 11) is 0. The van der Waals surface area contributed by atoms with E-state index in [2.05, 4.69) is 4.98 Å². The lowest BCUT2D eigenvalue weighted by Gasteiger charge is -2.14. The van der Waals surface area contributed by atoms with Gasteiger partial charge >= 0.3 is 5.97 Å². The van der Waals surface area contributed by atoms with Gasteiger partial charge in [-0.2, -0.15) is 0 Å². The number of benzene rings is 2. The molecule has 0 aliphatic carbocycles. The van der Waals surface area contributed by atoms with E-state index in [-0.39, 0.29) is 28.6 Å². The van der Waals surface area contributed by atoms with Crippen molar-refractivity contribution in [3.63, 3.8) is 0 Å². The Labute approximate surface area is 163 Å². The summed E-state index contributed by atoms with van der Waals surface area (Å²) < 4.78 is 30.2. The van der Waals surface area contributed by atoms with E-state index in [1.165, 1.54) is 41.2 Å². The molecule has 0 saturated carbocycles. The van der Waals surface area contributed by atoms with Gasteiger partial charge in [-0.15, -0.1) is 0 Å². The second-order valence-electron chi connectivity index (χ2n) is 6.48. The SMILES string of the molecule is O=C(O)c1cn(Cc2ccc(-c3ccncc3F)cc2F)c2ccccc2c1=O. The van der Waals surface area contributed by atoms with Crippen molar-refractivity contribution < 1.29 is 18.7 Å². The number of carbonyl (C=O) groups is 1. The van der Waals surface area contributed by atoms with E-state index >= 15 is 0 Å². The molecule has 0 atom stereocenters. The molecule has 0 aliphatic heterocycles. The molecule has 2 heterocycles. The zero-order valence-electron chi connectivity index (χ0n) is 15.0. The second-order valence-corrected chi connectivity index (χ2v) is 6.48. The zero-order valence-corrected chi connectivity index (χ0v) is 15.0. The number of aromatic carboxylic acids is 1. The molecule has 4 aromatic rings. The highest BCUT2D eigenvalue weighted by Gasteiger charge is 2.16. The minimum absolute atomic E-state index is 0.00597. The van der Waals surface area contributed by atoms with Crippen molar-refractivity contribution in [3.8, 4) is 11.1 Å². The van der Waals surface area contributed by atoms with Crippen molar-refractivity contribution >= 4 is 16.9 Å². The summed E-state index contributed by atoms with van der Waals surface area (Å²) in [5.41, 5.74) is 0.377. The molecule has 0 amide bonds. The lowest BCUT2D eigenvalue weighted by atomic mass is 10.0. The Morgan fingerprint density at radius 3 is 2.59 bits per heavy atom. The third kappa shape index (κ3) is 3.38. The molecule has 0 saturated heterocycles. The molecule has 2 aromatic heterocycles. The number of para-hydroxylation sites is 1. The van der Waals surface area contributed by atoms with Crippen LogP contribution in [-0.4, -0.2) is 20.6 Å². The van der Waals surface area contributed by atoms with Gasteiger partial charge in [0.15, 0.2) is 0 Å². The summed E-state index contributed by atoms with van der Waals surface area (Å²) in [5.74, 6) is -2.48. The summed E-state index contributed by atoms with van der Waals surface area (Å²) in [6.07, 6.45) is 3.69. The maximum atomic E-state index is 14.8. The molecule has 4 rings (SSSR count). The molecular weight excluding hydrogens is 378 g/mol. The first-order valence-corrected chi connectivity index (χ1v) is 8.69. The number of rotatable bonds is 4. The van der Waals surface area contributed by atoms with Gasteiger partial charge < -0.3 is 9.67 Å². The number of carboxylic acids is 1. The maximum Gasteiger partial charge on any atom is 0.341 e. The fraction of sp³-hybridized carbons (Fsp3) is 0.0455. The summed E-state index contributed by atoms with van der Waals surface area (Å²) >= 11 is 0. The summed E-state index contributed by atoms with van der Waals surface area (Å²) in [6.45, 7) is 0.00597. The van der Waals surface area contributed by atoms with Crippen molar-refractivity contribution in [2.24, 2.45) is 0 Å². The molecular formula is C22H14F2N2O3. The van der Waals surface area contributed by atoms with E-state index in [9.17, 15) is 23.5 Å². The number of pyridine rings is 2. The topological polar surface area (TPSA) is 72.2 Å². The normalized spacial score (nSPS) is 11.0. The van der Waals surface area contributed by atoms with Crippen LogP contribution < -0.4 is 5.43 Å². The molecule has 0 fully saturated rings. The van der Waals surface area contributed by atoms with Crippen LogP contribution in [0.4, 0.5) is 8.78 Å². The van der Waals surface area contributed by atoms with E-state index in [0.29, 0.717) is 11.1 Å². The number of nitrogens with zero attached hydrogens (tertiary/aromatic N) is 2. The summed E-state index contributed by atoms with van der Waals surface area (Å²) in [4.78, 5) is 27.5. The molecule has 1 N–H and O–H groups in total. The van der Waals surface area contributed by atoms with Gasteiger partial charge in [0.25, 0.3) is 0 Å². The largest absolute Gasteiger partial charge is 0.477 e. The van der Waals surface area contributed by atoms with Crippen LogP contribution in [-0.2, 0) is 6.54 Å². The average molecular weight is 392 g/mol. The average Bonchev–Trinajstić information content (AvgIpc) is 2.71. The molecule has 0 unspecified atom stereocenters. The lowest BCUT2D eigenvalue weighted by molar-refractivity contribution is 0.0695. The van der Waals surface area contributed by atoms with Gasteiger partial charge in [0.2, 0.25) is 5.43 Å². The highest BCUT2D eigenvalue weighted by molar-refractivity contribution is 5.92. The highest BCUT2D eigenvalue weighted by atomic mass is 19.1. The van der Waals surface area contributed by atoms with Gasteiger partial charge in [0.1, 0.15) is 17.2 Å². The van der Waals surface area contributed by atoms with Gasteiger partial charge in [0.05, 0.1) is 18.3 Å².